The molecule has 2 heterocycles. The van der Waals surface area contributed by atoms with E-state index in [0.717, 1.165) is 12.0 Å². The van der Waals surface area contributed by atoms with Gasteiger partial charge in [-0.25, -0.2) is 4.98 Å². The number of hydrogen-bond donors (Lipinski definition) is 1. The number of hydrogen-bond acceptors (Lipinski definition) is 4. The van der Waals surface area contributed by atoms with E-state index in [4.69, 9.17) is 0 Å². The first-order chi connectivity index (χ1) is 8.33. The van der Waals surface area contributed by atoms with Crippen LogP contribution in [-0.2, 0) is 0 Å². The first-order valence-electron chi connectivity index (χ1n) is 6.59. The fraction of sp³-hybridized carbons (Fsp3) is 0.769. The second kappa shape index (κ2) is 5.29. The highest BCUT2D eigenvalue weighted by Crippen LogP contribution is 2.42. The monoisotopic (exact) mass is 268 g/mol. The Morgan fingerprint density at radius 2 is 2.06 bits per heavy atom. The van der Waals surface area contributed by atoms with E-state index < -0.39 is 0 Å². The molecule has 1 aliphatic carbocycles. The Morgan fingerprint density at radius 3 is 2.65 bits per heavy atom. The van der Waals surface area contributed by atoms with Crippen molar-refractivity contribution in [3.8, 4) is 0 Å². The number of thiazole rings is 1. The highest BCUT2D eigenvalue weighted by Gasteiger charge is 2.35. The molecule has 0 spiro atoms. The van der Waals surface area contributed by atoms with Crippen LogP contribution < -0.4 is 5.32 Å². The largest absolute Gasteiger partial charge is 0.305 e. The van der Waals surface area contributed by atoms with E-state index >= 15 is 0 Å². The number of nitrogens with zero attached hydrogens (tertiary/aromatic N) is 1. The van der Waals surface area contributed by atoms with Crippen LogP contribution in [0.1, 0.15) is 42.4 Å². The van der Waals surface area contributed by atoms with Gasteiger partial charge in [-0.3, -0.25) is 0 Å². The molecule has 1 N–H and O–H groups in total. The molecule has 0 amide bonds. The van der Waals surface area contributed by atoms with Crippen LogP contribution in [0.2, 0.25) is 0 Å². The maximum atomic E-state index is 4.69. The van der Waals surface area contributed by atoms with Crippen LogP contribution in [0, 0.1) is 12.8 Å². The van der Waals surface area contributed by atoms with Crippen LogP contribution in [0.4, 0.5) is 0 Å². The van der Waals surface area contributed by atoms with Crippen LogP contribution in [0.5, 0.6) is 0 Å². The lowest BCUT2D eigenvalue weighted by molar-refractivity contribution is 0.384. The molecule has 0 radical (unpaired) electrons. The molecule has 0 unspecified atom stereocenters. The first-order valence-corrected chi connectivity index (χ1v) is 8.62. The third-order valence-electron chi connectivity index (χ3n) is 3.63. The number of rotatable bonds is 4. The molecule has 1 aromatic heterocycles. The average molecular weight is 268 g/mol. The first kappa shape index (κ1) is 12.0. The fourth-order valence-electron chi connectivity index (χ4n) is 2.47. The zero-order valence-electron chi connectivity index (χ0n) is 10.3. The van der Waals surface area contributed by atoms with Crippen LogP contribution in [0.15, 0.2) is 5.38 Å². The third-order valence-corrected chi connectivity index (χ3v) is 5.73. The van der Waals surface area contributed by atoms with Crippen molar-refractivity contribution in [3.63, 3.8) is 0 Å². The van der Waals surface area contributed by atoms with Crippen LogP contribution in [0.3, 0.4) is 0 Å². The van der Waals surface area contributed by atoms with Gasteiger partial charge in [0.25, 0.3) is 0 Å². The van der Waals surface area contributed by atoms with Crippen LogP contribution in [0.25, 0.3) is 0 Å². The molecule has 0 bridgehead atoms. The Bertz CT molecular complexity index is 367. The molecule has 1 saturated heterocycles. The number of thioether (sulfide) groups is 1. The van der Waals surface area contributed by atoms with Gasteiger partial charge in [0, 0.05) is 17.1 Å². The van der Waals surface area contributed by atoms with Crippen LogP contribution >= 0.6 is 23.1 Å². The molecule has 3 rings (SSSR count). The zero-order chi connectivity index (χ0) is 11.7. The van der Waals surface area contributed by atoms with Gasteiger partial charge in [0.15, 0.2) is 0 Å². The van der Waals surface area contributed by atoms with Gasteiger partial charge in [-0.15, -0.1) is 11.3 Å². The summed E-state index contributed by atoms with van der Waals surface area (Å²) in [5, 5.41) is 7.39. The highest BCUT2D eigenvalue weighted by atomic mass is 32.2. The molecule has 2 fully saturated rings. The van der Waals surface area contributed by atoms with Gasteiger partial charge in [0.05, 0.1) is 6.04 Å². The minimum Gasteiger partial charge on any atom is -0.305 e. The number of nitrogens with one attached hydrogen (secondary N) is 1. The summed E-state index contributed by atoms with van der Waals surface area (Å²) in [6.07, 6.45) is 5.44. The smallest absolute Gasteiger partial charge is 0.110 e. The van der Waals surface area contributed by atoms with Crippen molar-refractivity contribution in [2.45, 2.75) is 44.7 Å². The second-order valence-corrected chi connectivity index (χ2v) is 7.31. The Labute approximate surface area is 112 Å². The quantitative estimate of drug-likeness (QED) is 0.906. The maximum Gasteiger partial charge on any atom is 0.110 e. The van der Waals surface area contributed by atoms with E-state index in [-0.39, 0.29) is 0 Å². The van der Waals surface area contributed by atoms with Crippen molar-refractivity contribution in [1.29, 1.82) is 0 Å². The Balaban J connectivity index is 1.67. The fourth-order valence-corrected chi connectivity index (χ4v) is 4.53. The lowest BCUT2D eigenvalue weighted by Crippen LogP contribution is -2.36. The normalized spacial score (nSPS) is 23.8. The molecule has 17 heavy (non-hydrogen) atoms. The summed E-state index contributed by atoms with van der Waals surface area (Å²) < 4.78 is 0. The zero-order valence-corrected chi connectivity index (χ0v) is 11.9. The van der Waals surface area contributed by atoms with Gasteiger partial charge >= 0.3 is 0 Å². The summed E-state index contributed by atoms with van der Waals surface area (Å²) in [5.74, 6) is 3.51. The van der Waals surface area contributed by atoms with Crippen molar-refractivity contribution < 1.29 is 0 Å². The van der Waals surface area contributed by atoms with E-state index in [1.165, 1.54) is 47.9 Å². The molecule has 2 aliphatic rings. The molecule has 1 aliphatic heterocycles. The predicted molar refractivity (Wildman–Crippen MR) is 75.8 cm³/mol. The molecule has 2 nitrogen and oxygen atoms in total. The number of aromatic nitrogens is 1. The van der Waals surface area contributed by atoms with Gasteiger partial charge in [0.2, 0.25) is 0 Å². The van der Waals surface area contributed by atoms with Gasteiger partial charge in [0.1, 0.15) is 5.01 Å². The second-order valence-electron chi connectivity index (χ2n) is 5.20. The standard InChI is InChI=1S/C13H20N2S2/c1-9-8-17-13(14-9)12(10-2-3-10)15-11-4-6-16-7-5-11/h8,10-12,15H,2-7H2,1H3/t12-/m1/s1. The minimum absolute atomic E-state index is 0.543. The minimum atomic E-state index is 0.543. The van der Waals surface area contributed by atoms with Gasteiger partial charge in [-0.2, -0.15) is 11.8 Å². The maximum absolute atomic E-state index is 4.69. The van der Waals surface area contributed by atoms with E-state index in [0.29, 0.717) is 6.04 Å². The molecule has 94 valence electrons. The summed E-state index contributed by atoms with van der Waals surface area (Å²) >= 11 is 3.93. The Kier molecular flexibility index (Phi) is 3.73. The summed E-state index contributed by atoms with van der Waals surface area (Å²) in [4.78, 5) is 4.69. The van der Waals surface area contributed by atoms with Crippen LogP contribution in [-0.4, -0.2) is 22.5 Å². The lowest BCUT2D eigenvalue weighted by Gasteiger charge is -2.27. The highest BCUT2D eigenvalue weighted by molar-refractivity contribution is 7.99. The Morgan fingerprint density at radius 1 is 1.29 bits per heavy atom. The molecule has 0 aromatic carbocycles. The van der Waals surface area contributed by atoms with E-state index in [1.54, 1.807) is 0 Å². The Hall–Kier alpha value is -0.0600. The predicted octanol–water partition coefficient (Wildman–Crippen LogP) is 3.39. The molecule has 4 heteroatoms. The van der Waals surface area contributed by atoms with Crippen molar-refractivity contribution in [2.24, 2.45) is 5.92 Å². The number of aryl methyl sites for hydroxylation is 1. The SMILES string of the molecule is Cc1csc([C@H](NC2CCSCC2)C2CC2)n1. The van der Waals surface area contributed by atoms with Crippen molar-refractivity contribution in [2.75, 3.05) is 11.5 Å². The molecular formula is C13H20N2S2. The summed E-state index contributed by atoms with van der Waals surface area (Å²) in [6, 6.07) is 1.27. The van der Waals surface area contributed by atoms with Crippen molar-refractivity contribution in [1.82, 2.24) is 10.3 Å². The summed E-state index contributed by atoms with van der Waals surface area (Å²) in [6.45, 7) is 2.10. The lowest BCUT2D eigenvalue weighted by atomic mass is 10.1. The molecule has 1 atom stereocenters. The van der Waals surface area contributed by atoms with E-state index in [1.807, 2.05) is 11.3 Å². The van der Waals surface area contributed by atoms with E-state index in [9.17, 15) is 0 Å². The summed E-state index contributed by atoms with van der Waals surface area (Å²) in [7, 11) is 0. The molecule has 1 aromatic rings. The average Bonchev–Trinajstić information content (AvgIpc) is 3.10. The molecule has 1 saturated carbocycles. The molecular weight excluding hydrogens is 248 g/mol. The summed E-state index contributed by atoms with van der Waals surface area (Å²) in [5.41, 5.74) is 1.18. The van der Waals surface area contributed by atoms with Gasteiger partial charge < -0.3 is 5.32 Å². The van der Waals surface area contributed by atoms with Gasteiger partial charge in [-0.1, -0.05) is 0 Å². The van der Waals surface area contributed by atoms with Gasteiger partial charge in [-0.05, 0) is 50.0 Å². The van der Waals surface area contributed by atoms with E-state index in [2.05, 4.69) is 34.4 Å². The third kappa shape index (κ3) is 3.04. The van der Waals surface area contributed by atoms with Crippen molar-refractivity contribution in [3.05, 3.63) is 16.1 Å². The van der Waals surface area contributed by atoms with Crippen molar-refractivity contribution >= 4 is 23.1 Å². The topological polar surface area (TPSA) is 24.9 Å².